The number of nitrogens with zero attached hydrogens (tertiary/aromatic N) is 1. The fourth-order valence-electron chi connectivity index (χ4n) is 3.29. The Bertz CT molecular complexity index is 685. The molecule has 0 amide bonds. The largest absolute Gasteiger partial charge is 0.477 e. The number of fused-ring (bicyclic) bond motifs is 1. The molecule has 0 bridgehead atoms. The zero-order chi connectivity index (χ0) is 17.4. The average Bonchev–Trinajstić information content (AvgIpc) is 2.98. The van der Waals surface area contributed by atoms with Crippen molar-refractivity contribution in [1.29, 1.82) is 0 Å². The maximum absolute atomic E-state index is 10.9. The van der Waals surface area contributed by atoms with E-state index in [1.165, 1.54) is 0 Å². The Morgan fingerprint density at radius 1 is 1.33 bits per heavy atom. The molecule has 0 spiro atoms. The van der Waals surface area contributed by atoms with E-state index in [-0.39, 0.29) is 11.6 Å². The number of nitrogens with one attached hydrogen (secondary N) is 1. The molecule has 3 rings (SSSR count). The SMILES string of the molecule is NN/C(C(=O)O)=C(\N)OCC1C2CN(c3ccc(Cl)c(Cl)c3)CC12. The summed E-state index contributed by atoms with van der Waals surface area (Å²) >= 11 is 12.0. The lowest BCUT2D eigenvalue weighted by molar-refractivity contribution is -0.133. The van der Waals surface area contributed by atoms with Crippen molar-refractivity contribution in [2.45, 2.75) is 0 Å². The van der Waals surface area contributed by atoms with Crippen molar-refractivity contribution in [3.63, 3.8) is 0 Å². The summed E-state index contributed by atoms with van der Waals surface area (Å²) in [5.41, 5.74) is 8.35. The Morgan fingerprint density at radius 3 is 2.54 bits per heavy atom. The Hall–Kier alpha value is -1.83. The van der Waals surface area contributed by atoms with E-state index < -0.39 is 5.97 Å². The number of ether oxygens (including phenoxy) is 1. The normalized spacial score (nSPS) is 25.8. The van der Waals surface area contributed by atoms with Gasteiger partial charge in [0.25, 0.3) is 0 Å². The number of carboxylic acid groups (broad SMARTS) is 1. The molecule has 1 heterocycles. The molecule has 1 aromatic carbocycles. The number of aliphatic carboxylic acids is 1. The third-order valence-corrected chi connectivity index (χ3v) is 5.41. The summed E-state index contributed by atoms with van der Waals surface area (Å²) < 4.78 is 5.37. The molecule has 9 heteroatoms. The predicted octanol–water partition coefficient (Wildman–Crippen LogP) is 1.37. The Labute approximate surface area is 149 Å². The molecule has 2 aliphatic rings. The van der Waals surface area contributed by atoms with Crippen molar-refractivity contribution in [3.8, 4) is 0 Å². The minimum absolute atomic E-state index is 0.198. The van der Waals surface area contributed by atoms with Crippen molar-refractivity contribution >= 4 is 34.9 Å². The van der Waals surface area contributed by atoms with Gasteiger partial charge in [0.15, 0.2) is 5.70 Å². The highest BCUT2D eigenvalue weighted by Gasteiger charge is 2.56. The molecule has 7 nitrogen and oxygen atoms in total. The smallest absolute Gasteiger partial charge is 0.358 e. The van der Waals surface area contributed by atoms with Gasteiger partial charge in [-0.3, -0.25) is 5.84 Å². The Balaban J connectivity index is 1.53. The number of carboxylic acids is 1. The number of piperidine rings is 1. The summed E-state index contributed by atoms with van der Waals surface area (Å²) in [4.78, 5) is 13.2. The topological polar surface area (TPSA) is 114 Å². The monoisotopic (exact) mass is 372 g/mol. The second-order valence-corrected chi connectivity index (χ2v) is 6.81. The first-order valence-electron chi connectivity index (χ1n) is 7.44. The van der Waals surface area contributed by atoms with Crippen LogP contribution in [0.15, 0.2) is 29.8 Å². The minimum atomic E-state index is -1.25. The molecule has 1 aromatic rings. The standard InChI is InChI=1S/C15H18Cl2N4O3/c16-11-2-1-7(3-12(11)17)21-4-8-9(5-21)10(8)6-24-14(18)13(20-19)15(22)23/h1-3,8-10,20H,4-6,18-19H2,(H,22,23)/b14-13+. The van der Waals surface area contributed by atoms with Crippen LogP contribution in [-0.4, -0.2) is 30.8 Å². The van der Waals surface area contributed by atoms with Gasteiger partial charge in [-0.15, -0.1) is 0 Å². The molecule has 1 saturated carbocycles. The van der Waals surface area contributed by atoms with Crippen LogP contribution in [-0.2, 0) is 9.53 Å². The van der Waals surface area contributed by atoms with E-state index in [4.69, 9.17) is 44.6 Å². The van der Waals surface area contributed by atoms with Crippen LogP contribution in [0.5, 0.6) is 0 Å². The van der Waals surface area contributed by atoms with Gasteiger partial charge in [-0.1, -0.05) is 23.2 Å². The molecule has 0 aromatic heterocycles. The van der Waals surface area contributed by atoms with E-state index in [2.05, 4.69) is 4.90 Å². The molecule has 6 N–H and O–H groups in total. The van der Waals surface area contributed by atoms with E-state index in [1.54, 1.807) is 6.07 Å². The quantitative estimate of drug-likeness (QED) is 0.258. The molecule has 1 aliphatic carbocycles. The van der Waals surface area contributed by atoms with Crippen molar-refractivity contribution in [2.75, 3.05) is 24.6 Å². The predicted molar refractivity (Wildman–Crippen MR) is 91.3 cm³/mol. The molecule has 24 heavy (non-hydrogen) atoms. The number of carbonyl (C=O) groups is 1. The lowest BCUT2D eigenvalue weighted by Gasteiger charge is -2.22. The zero-order valence-electron chi connectivity index (χ0n) is 12.7. The molecular formula is C15H18Cl2N4O3. The highest BCUT2D eigenvalue weighted by atomic mass is 35.5. The molecular weight excluding hydrogens is 355 g/mol. The van der Waals surface area contributed by atoms with E-state index >= 15 is 0 Å². The van der Waals surface area contributed by atoms with Crippen molar-refractivity contribution in [1.82, 2.24) is 5.43 Å². The van der Waals surface area contributed by atoms with Crippen LogP contribution in [0.2, 0.25) is 10.0 Å². The van der Waals surface area contributed by atoms with Crippen LogP contribution >= 0.6 is 23.2 Å². The van der Waals surface area contributed by atoms with Crippen LogP contribution in [0.3, 0.4) is 0 Å². The van der Waals surface area contributed by atoms with Gasteiger partial charge in [-0.05, 0) is 30.0 Å². The minimum Gasteiger partial charge on any atom is -0.477 e. The number of hydrogen-bond donors (Lipinski definition) is 4. The van der Waals surface area contributed by atoms with E-state index in [0.29, 0.717) is 34.4 Å². The highest BCUT2D eigenvalue weighted by Crippen LogP contribution is 2.52. The Kier molecular flexibility index (Phi) is 4.67. The van der Waals surface area contributed by atoms with E-state index in [1.807, 2.05) is 17.6 Å². The van der Waals surface area contributed by atoms with Gasteiger partial charge in [0.2, 0.25) is 5.88 Å². The first-order chi connectivity index (χ1) is 11.4. The lowest BCUT2D eigenvalue weighted by atomic mass is 10.2. The second-order valence-electron chi connectivity index (χ2n) is 5.99. The summed E-state index contributed by atoms with van der Waals surface area (Å²) in [6, 6.07) is 5.62. The van der Waals surface area contributed by atoms with Gasteiger partial charge >= 0.3 is 5.97 Å². The van der Waals surface area contributed by atoms with Gasteiger partial charge < -0.3 is 25.9 Å². The van der Waals surface area contributed by atoms with Gasteiger partial charge in [-0.2, -0.15) is 0 Å². The number of benzene rings is 1. The van der Waals surface area contributed by atoms with Crippen LogP contribution in [0.1, 0.15) is 0 Å². The Morgan fingerprint density at radius 2 is 2.00 bits per heavy atom. The maximum Gasteiger partial charge on any atom is 0.358 e. The number of rotatable bonds is 6. The molecule has 2 unspecified atom stereocenters. The summed E-state index contributed by atoms with van der Waals surface area (Å²) in [6.45, 7) is 2.19. The van der Waals surface area contributed by atoms with Crippen LogP contribution in [0.25, 0.3) is 0 Å². The van der Waals surface area contributed by atoms with Gasteiger partial charge in [-0.25, -0.2) is 4.79 Å². The molecule has 130 valence electrons. The van der Waals surface area contributed by atoms with Crippen molar-refractivity contribution in [2.24, 2.45) is 29.3 Å². The summed E-state index contributed by atoms with van der Waals surface area (Å²) in [6.07, 6.45) is 0. The van der Waals surface area contributed by atoms with Gasteiger partial charge in [0.1, 0.15) is 0 Å². The average molecular weight is 373 g/mol. The van der Waals surface area contributed by atoms with Gasteiger partial charge in [0.05, 0.1) is 16.7 Å². The lowest BCUT2D eigenvalue weighted by Crippen LogP contribution is -2.31. The van der Waals surface area contributed by atoms with Crippen molar-refractivity contribution < 1.29 is 14.6 Å². The number of anilines is 1. The fourth-order valence-corrected chi connectivity index (χ4v) is 3.58. The molecule has 1 saturated heterocycles. The van der Waals surface area contributed by atoms with E-state index in [0.717, 1.165) is 18.8 Å². The van der Waals surface area contributed by atoms with Crippen molar-refractivity contribution in [3.05, 3.63) is 39.8 Å². The van der Waals surface area contributed by atoms with E-state index in [9.17, 15) is 4.79 Å². The maximum atomic E-state index is 10.9. The van der Waals surface area contributed by atoms with Crippen LogP contribution < -0.4 is 21.9 Å². The van der Waals surface area contributed by atoms with Crippen LogP contribution in [0, 0.1) is 17.8 Å². The summed E-state index contributed by atoms with van der Waals surface area (Å²) in [7, 11) is 0. The van der Waals surface area contributed by atoms with Gasteiger partial charge in [0, 0.05) is 24.7 Å². The summed E-state index contributed by atoms with van der Waals surface area (Å²) in [5.74, 6) is 5.05. The molecule has 1 aliphatic heterocycles. The van der Waals surface area contributed by atoms with Crippen LogP contribution in [0.4, 0.5) is 5.69 Å². The first kappa shape index (κ1) is 17.0. The third kappa shape index (κ3) is 3.19. The molecule has 0 radical (unpaired) electrons. The third-order valence-electron chi connectivity index (χ3n) is 4.68. The molecule has 2 atom stereocenters. The first-order valence-corrected chi connectivity index (χ1v) is 8.20. The number of halogens is 2. The second kappa shape index (κ2) is 6.58. The highest BCUT2D eigenvalue weighted by molar-refractivity contribution is 6.42. The number of nitrogens with two attached hydrogens (primary N) is 2. The summed E-state index contributed by atoms with van der Waals surface area (Å²) in [5, 5.41) is 9.99. The molecule has 2 fully saturated rings. The fraction of sp³-hybridized carbons (Fsp3) is 0.400. The number of hydrazine groups is 1. The number of hydrogen-bond acceptors (Lipinski definition) is 6. The zero-order valence-corrected chi connectivity index (χ0v) is 14.2.